The first-order valence-corrected chi connectivity index (χ1v) is 5.68. The van der Waals surface area contributed by atoms with Gasteiger partial charge in [-0.25, -0.2) is 14.2 Å². The molecule has 0 atom stereocenters. The van der Waals surface area contributed by atoms with E-state index in [0.29, 0.717) is 16.4 Å². The average Bonchev–Trinajstić information content (AvgIpc) is 2.84. The number of aromatic nitrogens is 1. The lowest BCUT2D eigenvalue weighted by molar-refractivity contribution is 0.700. The average molecular weight is 243 g/mol. The van der Waals surface area contributed by atoms with Crippen molar-refractivity contribution in [1.82, 2.24) is 4.98 Å². The molecule has 17 heavy (non-hydrogen) atoms. The number of hydrogen-bond donors (Lipinski definition) is 0. The largest absolute Gasteiger partial charge is 0.265 e. The maximum Gasteiger partial charge on any atom is 0.249 e. The van der Waals surface area contributed by atoms with Crippen molar-refractivity contribution in [3.05, 3.63) is 65.6 Å². The molecule has 1 aromatic heterocycles. The minimum Gasteiger partial charge on any atom is -0.265 e. The molecule has 0 N–H and O–H groups in total. The molecule has 5 heteroatoms. The van der Waals surface area contributed by atoms with E-state index in [1.54, 1.807) is 12.4 Å². The van der Waals surface area contributed by atoms with E-state index in [2.05, 4.69) is 15.0 Å². The fourth-order valence-electron chi connectivity index (χ4n) is 1.23. The fourth-order valence-corrected chi connectivity index (χ4v) is 1.51. The topological polar surface area (TPSA) is 54.7 Å². The van der Waals surface area contributed by atoms with Gasteiger partial charge in [0.15, 0.2) is 0 Å². The molecule has 0 spiro atoms. The zero-order valence-electron chi connectivity index (χ0n) is 8.85. The molecule has 1 aromatic carbocycles. The van der Waals surface area contributed by atoms with Crippen molar-refractivity contribution >= 4 is 16.4 Å². The zero-order valence-corrected chi connectivity index (χ0v) is 9.67. The Morgan fingerprint density at radius 2 is 1.41 bits per heavy atom. The molecule has 0 bridgehead atoms. The van der Waals surface area contributed by atoms with Crippen molar-refractivity contribution in [3.63, 3.8) is 0 Å². The highest BCUT2D eigenvalue weighted by molar-refractivity contribution is 7.66. The van der Waals surface area contributed by atoms with Gasteiger partial charge in [0.1, 0.15) is 11.3 Å². The van der Waals surface area contributed by atoms with Crippen molar-refractivity contribution in [2.75, 3.05) is 0 Å². The second-order valence-corrected chi connectivity index (χ2v) is 3.63. The minimum atomic E-state index is 0.297. The van der Waals surface area contributed by atoms with Gasteiger partial charge in [0, 0.05) is 12.4 Å². The van der Waals surface area contributed by atoms with Gasteiger partial charge in [-0.1, -0.05) is 18.2 Å². The predicted molar refractivity (Wildman–Crippen MR) is 66.1 cm³/mol. The van der Waals surface area contributed by atoms with Crippen LogP contribution < -0.4 is 10.7 Å². The molecule has 0 saturated carbocycles. The SMILES string of the molecule is O=S=C1N=c2ccccc2=N1.c1ccncc1. The number of benzene rings is 1. The summed E-state index contributed by atoms with van der Waals surface area (Å²) in [5.41, 5.74) is 0. The monoisotopic (exact) mass is 243 g/mol. The summed E-state index contributed by atoms with van der Waals surface area (Å²) in [5, 5.41) is 1.86. The van der Waals surface area contributed by atoms with Gasteiger partial charge in [0.2, 0.25) is 5.11 Å². The van der Waals surface area contributed by atoms with Crippen LogP contribution >= 0.6 is 0 Å². The molecule has 2 aromatic rings. The van der Waals surface area contributed by atoms with Gasteiger partial charge >= 0.3 is 0 Å². The molecule has 3 rings (SSSR count). The molecule has 2 heterocycles. The number of pyridine rings is 1. The molecular formula is C12H9N3OS. The standard InChI is InChI=1S/C7H4N2OS.C5H5N/c10-11-7-8-5-3-1-2-4-6(5)9-7;1-2-4-6-5-3-1/h1-4H;1-5H. The third-order valence-electron chi connectivity index (χ3n) is 1.95. The van der Waals surface area contributed by atoms with Crippen LogP contribution in [0.1, 0.15) is 0 Å². The normalized spacial score (nSPS) is 11.4. The molecule has 0 fully saturated rings. The van der Waals surface area contributed by atoms with E-state index in [0.717, 1.165) is 10.7 Å². The maximum absolute atomic E-state index is 10.3. The third-order valence-corrected chi connectivity index (χ3v) is 2.29. The van der Waals surface area contributed by atoms with E-state index >= 15 is 0 Å². The van der Waals surface area contributed by atoms with Gasteiger partial charge in [-0.3, -0.25) is 4.98 Å². The lowest BCUT2D eigenvalue weighted by Crippen LogP contribution is -2.19. The van der Waals surface area contributed by atoms with Gasteiger partial charge in [0.25, 0.3) is 0 Å². The summed E-state index contributed by atoms with van der Waals surface area (Å²) in [6, 6.07) is 13.1. The molecule has 0 radical (unpaired) electrons. The Labute approximate surface area is 101 Å². The quantitative estimate of drug-likeness (QED) is 0.626. The number of para-hydroxylation sites is 2. The van der Waals surface area contributed by atoms with E-state index in [1.165, 1.54) is 0 Å². The van der Waals surface area contributed by atoms with E-state index in [9.17, 15) is 4.21 Å². The molecule has 84 valence electrons. The second kappa shape index (κ2) is 5.81. The van der Waals surface area contributed by atoms with Crippen molar-refractivity contribution in [1.29, 1.82) is 0 Å². The van der Waals surface area contributed by atoms with Gasteiger partial charge < -0.3 is 0 Å². The smallest absolute Gasteiger partial charge is 0.249 e. The van der Waals surface area contributed by atoms with Crippen LogP contribution in [0.4, 0.5) is 0 Å². The Kier molecular flexibility index (Phi) is 3.88. The lowest BCUT2D eigenvalue weighted by atomic mass is 10.3. The molecule has 0 aliphatic carbocycles. The van der Waals surface area contributed by atoms with Crippen LogP contribution in [0.25, 0.3) is 0 Å². The first kappa shape index (κ1) is 11.3. The summed E-state index contributed by atoms with van der Waals surface area (Å²) in [6.45, 7) is 0. The van der Waals surface area contributed by atoms with Crippen LogP contribution in [0.15, 0.2) is 64.8 Å². The van der Waals surface area contributed by atoms with Crippen molar-refractivity contribution < 1.29 is 4.21 Å². The van der Waals surface area contributed by atoms with E-state index in [-0.39, 0.29) is 0 Å². The van der Waals surface area contributed by atoms with Crippen molar-refractivity contribution in [2.45, 2.75) is 0 Å². The summed E-state index contributed by atoms with van der Waals surface area (Å²) in [5.74, 6) is 0. The highest BCUT2D eigenvalue weighted by atomic mass is 32.1. The lowest BCUT2D eigenvalue weighted by Gasteiger charge is -1.75. The fraction of sp³-hybridized carbons (Fsp3) is 0. The minimum absolute atomic E-state index is 0.297. The molecule has 1 aliphatic heterocycles. The summed E-state index contributed by atoms with van der Waals surface area (Å²) in [4.78, 5) is 11.7. The number of fused-ring (bicyclic) bond motifs is 1. The molecular weight excluding hydrogens is 234 g/mol. The summed E-state index contributed by atoms with van der Waals surface area (Å²) in [7, 11) is 0. The Hall–Kier alpha value is -2.14. The van der Waals surface area contributed by atoms with E-state index in [4.69, 9.17) is 0 Å². The molecule has 0 unspecified atom stereocenters. The predicted octanol–water partition coefficient (Wildman–Crippen LogP) is 0.321. The van der Waals surface area contributed by atoms with Crippen LogP contribution in [-0.4, -0.2) is 14.3 Å². The highest BCUT2D eigenvalue weighted by Crippen LogP contribution is 1.81. The summed E-state index contributed by atoms with van der Waals surface area (Å²) in [6.07, 6.45) is 3.50. The van der Waals surface area contributed by atoms with Crippen LogP contribution in [0, 0.1) is 0 Å². The number of rotatable bonds is 0. The summed E-state index contributed by atoms with van der Waals surface area (Å²) >= 11 is 0.322. The molecule has 0 amide bonds. The zero-order chi connectivity index (χ0) is 11.9. The van der Waals surface area contributed by atoms with Gasteiger partial charge in [0.05, 0.1) is 10.7 Å². The Balaban J connectivity index is 0.000000153. The van der Waals surface area contributed by atoms with Crippen LogP contribution in [0.2, 0.25) is 0 Å². The Bertz CT molecular complexity index is 600. The van der Waals surface area contributed by atoms with Crippen molar-refractivity contribution in [3.8, 4) is 0 Å². The molecule has 1 aliphatic rings. The van der Waals surface area contributed by atoms with E-state index < -0.39 is 0 Å². The van der Waals surface area contributed by atoms with Crippen LogP contribution in [0.5, 0.6) is 0 Å². The van der Waals surface area contributed by atoms with Crippen LogP contribution in [-0.2, 0) is 11.3 Å². The number of hydrogen-bond acceptors (Lipinski definition) is 2. The number of nitrogens with zero attached hydrogens (tertiary/aromatic N) is 3. The Morgan fingerprint density at radius 1 is 0.824 bits per heavy atom. The maximum atomic E-state index is 10.3. The molecule has 4 nitrogen and oxygen atoms in total. The summed E-state index contributed by atoms with van der Waals surface area (Å²) < 4.78 is 10.3. The Morgan fingerprint density at radius 3 is 1.76 bits per heavy atom. The van der Waals surface area contributed by atoms with Crippen molar-refractivity contribution in [2.24, 2.45) is 9.98 Å². The van der Waals surface area contributed by atoms with Gasteiger partial charge in [-0.2, -0.15) is 0 Å². The van der Waals surface area contributed by atoms with Crippen LogP contribution in [0.3, 0.4) is 0 Å². The second-order valence-electron chi connectivity index (χ2n) is 3.10. The molecule has 0 saturated heterocycles. The van der Waals surface area contributed by atoms with Gasteiger partial charge in [-0.05, 0) is 24.3 Å². The first-order chi connectivity index (χ1) is 8.40. The first-order valence-electron chi connectivity index (χ1n) is 4.94. The third kappa shape index (κ3) is 3.15. The highest BCUT2D eigenvalue weighted by Gasteiger charge is 1.99. The van der Waals surface area contributed by atoms with Gasteiger partial charge in [-0.15, -0.1) is 0 Å². The van der Waals surface area contributed by atoms with E-state index in [1.807, 2.05) is 42.5 Å².